The molecule has 1 N–H and O–H groups in total. The number of aromatic nitrogens is 3. The second-order valence-electron chi connectivity index (χ2n) is 7.25. The van der Waals surface area contributed by atoms with Crippen molar-refractivity contribution in [3.05, 3.63) is 45.1 Å². The zero-order valence-corrected chi connectivity index (χ0v) is 17.2. The number of benzene rings is 1. The molecule has 1 atom stereocenters. The highest BCUT2D eigenvalue weighted by Crippen LogP contribution is 2.21. The number of nitrogens with zero attached hydrogens (tertiary/aromatic N) is 4. The summed E-state index contributed by atoms with van der Waals surface area (Å²) in [5.74, 6) is 1.12. The van der Waals surface area contributed by atoms with Gasteiger partial charge in [0.25, 0.3) is 5.91 Å². The summed E-state index contributed by atoms with van der Waals surface area (Å²) in [5, 5.41) is 7.97. The Morgan fingerprint density at radius 3 is 2.86 bits per heavy atom. The Bertz CT molecular complexity index is 905. The van der Waals surface area contributed by atoms with Crippen molar-refractivity contribution < 1.29 is 9.53 Å². The van der Waals surface area contributed by atoms with Crippen LogP contribution in [0.5, 0.6) is 5.75 Å². The van der Waals surface area contributed by atoms with E-state index in [1.165, 1.54) is 11.8 Å². The predicted molar refractivity (Wildman–Crippen MR) is 107 cm³/mol. The van der Waals surface area contributed by atoms with Crippen molar-refractivity contribution >= 4 is 17.5 Å². The van der Waals surface area contributed by atoms with Crippen LogP contribution in [-0.4, -0.2) is 58.9 Å². The van der Waals surface area contributed by atoms with Crippen molar-refractivity contribution in [2.45, 2.75) is 38.4 Å². The van der Waals surface area contributed by atoms with Crippen molar-refractivity contribution in [2.24, 2.45) is 0 Å². The minimum absolute atomic E-state index is 0.0335. The van der Waals surface area contributed by atoms with Gasteiger partial charge in [-0.2, -0.15) is 5.10 Å². The lowest BCUT2D eigenvalue weighted by molar-refractivity contribution is 0.0932. The number of rotatable bonds is 6. The van der Waals surface area contributed by atoms with Gasteiger partial charge in [0.1, 0.15) is 11.6 Å². The van der Waals surface area contributed by atoms with Gasteiger partial charge in [0.05, 0.1) is 13.7 Å². The Kier molecular flexibility index (Phi) is 6.41. The second kappa shape index (κ2) is 8.79. The van der Waals surface area contributed by atoms with Gasteiger partial charge in [0.2, 0.25) is 0 Å². The van der Waals surface area contributed by atoms with E-state index in [2.05, 4.69) is 10.4 Å². The number of fused-ring (bicyclic) bond motifs is 1. The number of methoxy groups -OCH3 is 1. The van der Waals surface area contributed by atoms with Gasteiger partial charge in [-0.3, -0.25) is 9.36 Å². The molecule has 8 nitrogen and oxygen atoms in total. The van der Waals surface area contributed by atoms with Gasteiger partial charge in [-0.25, -0.2) is 9.48 Å². The molecule has 0 aliphatic carbocycles. The van der Waals surface area contributed by atoms with Crippen LogP contribution in [0.4, 0.5) is 0 Å². The largest absolute Gasteiger partial charge is 0.497 e. The van der Waals surface area contributed by atoms with Gasteiger partial charge in [-0.15, -0.1) is 0 Å². The van der Waals surface area contributed by atoms with Gasteiger partial charge in [0.15, 0.2) is 0 Å². The lowest BCUT2D eigenvalue weighted by Gasteiger charge is -2.16. The number of carbonyl (C=O) groups is 1. The topological polar surface area (TPSA) is 81.4 Å². The minimum atomic E-state index is -0.200. The average molecular weight is 408 g/mol. The molecule has 0 saturated heterocycles. The first-order valence-electron chi connectivity index (χ1n) is 9.34. The van der Waals surface area contributed by atoms with Crippen LogP contribution in [0, 0.1) is 0 Å². The molecule has 2 aromatic rings. The number of halogens is 1. The van der Waals surface area contributed by atoms with Crippen molar-refractivity contribution in [2.75, 3.05) is 27.7 Å². The van der Waals surface area contributed by atoms with E-state index in [4.69, 9.17) is 16.3 Å². The Balaban J connectivity index is 1.65. The van der Waals surface area contributed by atoms with Gasteiger partial charge in [-0.1, -0.05) is 11.6 Å². The second-order valence-corrected chi connectivity index (χ2v) is 7.69. The molecule has 1 aliphatic heterocycles. The van der Waals surface area contributed by atoms with Crippen molar-refractivity contribution in [3.8, 4) is 5.75 Å². The molecule has 0 bridgehead atoms. The molecule has 152 valence electrons. The molecule has 0 radical (unpaired) electrons. The maximum absolute atomic E-state index is 12.6. The zero-order valence-electron chi connectivity index (χ0n) is 16.4. The highest BCUT2D eigenvalue weighted by Gasteiger charge is 2.22. The average Bonchev–Trinajstić information content (AvgIpc) is 2.82. The maximum atomic E-state index is 12.6. The number of hydrogen-bond donors (Lipinski definition) is 1. The van der Waals surface area contributed by atoms with Crippen LogP contribution in [0.25, 0.3) is 0 Å². The Hall–Kier alpha value is -2.32. The number of amides is 1. The molecule has 1 aromatic heterocycles. The fourth-order valence-corrected chi connectivity index (χ4v) is 3.52. The number of hydrogen-bond acceptors (Lipinski definition) is 5. The maximum Gasteiger partial charge on any atom is 0.345 e. The number of ether oxygens (including phenoxy) is 1. The van der Waals surface area contributed by atoms with Crippen LogP contribution in [0.1, 0.15) is 29.0 Å². The predicted octanol–water partition coefficient (Wildman–Crippen LogP) is 1.40. The molecular formula is C19H26ClN5O3. The van der Waals surface area contributed by atoms with Crippen LogP contribution in [-0.2, 0) is 19.5 Å². The lowest BCUT2D eigenvalue weighted by Crippen LogP contribution is -2.36. The first kappa shape index (κ1) is 20.4. The van der Waals surface area contributed by atoms with Crippen molar-refractivity contribution in [3.63, 3.8) is 0 Å². The summed E-state index contributed by atoms with van der Waals surface area (Å²) in [6.45, 7) is 1.88. The van der Waals surface area contributed by atoms with Gasteiger partial charge in [-0.05, 0) is 45.1 Å². The molecule has 28 heavy (non-hydrogen) atoms. The van der Waals surface area contributed by atoms with Crippen LogP contribution in [0.2, 0.25) is 5.02 Å². The summed E-state index contributed by atoms with van der Waals surface area (Å²) in [5.41, 5.74) is 0.376. The summed E-state index contributed by atoms with van der Waals surface area (Å²) in [4.78, 5) is 27.2. The van der Waals surface area contributed by atoms with Crippen LogP contribution >= 0.6 is 11.6 Å². The highest BCUT2D eigenvalue weighted by molar-refractivity contribution is 6.31. The molecule has 9 heteroatoms. The number of likely N-dealkylation sites (N-methyl/N-ethyl adjacent to an activating group) is 1. The van der Waals surface area contributed by atoms with E-state index < -0.39 is 0 Å². The summed E-state index contributed by atoms with van der Waals surface area (Å²) in [7, 11) is 5.47. The third-order valence-electron chi connectivity index (χ3n) is 4.88. The van der Waals surface area contributed by atoms with E-state index >= 15 is 0 Å². The van der Waals surface area contributed by atoms with Crippen molar-refractivity contribution in [1.29, 1.82) is 0 Å². The molecule has 2 heterocycles. The van der Waals surface area contributed by atoms with E-state index in [-0.39, 0.29) is 17.6 Å². The first-order chi connectivity index (χ1) is 13.4. The normalized spacial score (nSPS) is 16.5. The first-order valence-corrected chi connectivity index (χ1v) is 9.72. The standard InChI is InChI=1S/C19H26ClN5O3/c1-23(2)8-9-25-19(27)24-7-6-15(4-5-17(24)22-25)21-18(26)13-10-14(20)12-16(11-13)28-3/h10-12,15H,4-9H2,1-3H3,(H,21,26). The molecule has 1 aromatic carbocycles. The molecule has 0 spiro atoms. The van der Waals surface area contributed by atoms with Gasteiger partial charge in [0, 0.05) is 36.1 Å². The number of carbonyl (C=O) groups excluding carboxylic acids is 1. The molecule has 1 aliphatic rings. The van der Waals surface area contributed by atoms with E-state index in [0.29, 0.717) is 42.3 Å². The van der Waals surface area contributed by atoms with Gasteiger partial charge < -0.3 is 15.0 Å². The summed E-state index contributed by atoms with van der Waals surface area (Å²) >= 11 is 6.05. The molecular weight excluding hydrogens is 382 g/mol. The monoisotopic (exact) mass is 407 g/mol. The molecule has 1 unspecified atom stereocenters. The van der Waals surface area contributed by atoms with Gasteiger partial charge >= 0.3 is 5.69 Å². The SMILES string of the molecule is COc1cc(Cl)cc(C(=O)NC2CCc3nn(CCN(C)C)c(=O)n3CC2)c1. The van der Waals surface area contributed by atoms with Crippen LogP contribution < -0.4 is 15.7 Å². The fourth-order valence-electron chi connectivity index (χ4n) is 3.29. The smallest absolute Gasteiger partial charge is 0.345 e. The van der Waals surface area contributed by atoms with E-state index in [9.17, 15) is 9.59 Å². The molecule has 3 rings (SSSR count). The highest BCUT2D eigenvalue weighted by atomic mass is 35.5. The minimum Gasteiger partial charge on any atom is -0.497 e. The molecule has 0 fully saturated rings. The third-order valence-corrected chi connectivity index (χ3v) is 5.10. The quantitative estimate of drug-likeness (QED) is 0.782. The molecule has 0 saturated carbocycles. The summed E-state index contributed by atoms with van der Waals surface area (Å²) in [6.07, 6.45) is 2.05. The van der Waals surface area contributed by atoms with Crippen LogP contribution in [0.3, 0.4) is 0 Å². The van der Waals surface area contributed by atoms with Crippen LogP contribution in [0.15, 0.2) is 23.0 Å². The lowest BCUT2D eigenvalue weighted by atomic mass is 10.1. The third kappa shape index (κ3) is 4.74. The van der Waals surface area contributed by atoms with E-state index in [1.54, 1.807) is 22.8 Å². The summed E-state index contributed by atoms with van der Waals surface area (Å²) < 4.78 is 8.43. The van der Waals surface area contributed by atoms with Crippen molar-refractivity contribution in [1.82, 2.24) is 24.6 Å². The van der Waals surface area contributed by atoms with E-state index in [1.807, 2.05) is 19.0 Å². The summed E-state index contributed by atoms with van der Waals surface area (Å²) in [6, 6.07) is 4.90. The molecule has 1 amide bonds. The Morgan fingerprint density at radius 2 is 2.14 bits per heavy atom. The van der Waals surface area contributed by atoms with E-state index in [0.717, 1.165) is 18.8 Å². The number of aryl methyl sites for hydroxylation is 1. The zero-order chi connectivity index (χ0) is 20.3. The fraction of sp³-hybridized carbons (Fsp3) is 0.526. The Morgan fingerprint density at radius 1 is 1.36 bits per heavy atom. The Labute approximate surface area is 169 Å². The number of nitrogens with one attached hydrogen (secondary N) is 1.